The molecule has 1 heterocycles. The maximum atomic E-state index is 12.5. The van der Waals surface area contributed by atoms with Crippen LogP contribution >= 0.6 is 0 Å². The standard InChI is InChI=1S/C20H23N3O3/c1-15-4-2-6-17(12-15)21-14-19(24)22-18-7-3-5-16(13-18)20(25)23-8-10-26-11-9-23/h2-7,12-13,21H,8-11,14H2,1H3,(H,22,24). The van der Waals surface area contributed by atoms with Gasteiger partial charge < -0.3 is 20.3 Å². The number of rotatable bonds is 5. The molecule has 0 bridgehead atoms. The molecule has 1 aliphatic heterocycles. The Kier molecular flexibility index (Phi) is 5.86. The molecule has 2 aromatic carbocycles. The first-order valence-electron chi connectivity index (χ1n) is 8.69. The molecular formula is C20H23N3O3. The van der Waals surface area contributed by atoms with Gasteiger partial charge in [0.15, 0.2) is 0 Å². The molecule has 1 fully saturated rings. The van der Waals surface area contributed by atoms with Crippen molar-refractivity contribution in [1.29, 1.82) is 0 Å². The smallest absolute Gasteiger partial charge is 0.254 e. The number of morpholine rings is 1. The maximum Gasteiger partial charge on any atom is 0.254 e. The van der Waals surface area contributed by atoms with Crippen molar-refractivity contribution in [2.24, 2.45) is 0 Å². The lowest BCUT2D eigenvalue weighted by Gasteiger charge is -2.27. The van der Waals surface area contributed by atoms with Gasteiger partial charge in [0.25, 0.3) is 5.91 Å². The predicted octanol–water partition coefficient (Wildman–Crippen LogP) is 2.52. The number of hydrogen-bond donors (Lipinski definition) is 2. The second kappa shape index (κ2) is 8.49. The molecular weight excluding hydrogens is 330 g/mol. The predicted molar refractivity (Wildman–Crippen MR) is 101 cm³/mol. The number of hydrogen-bond acceptors (Lipinski definition) is 4. The Morgan fingerprint density at radius 1 is 1.04 bits per heavy atom. The van der Waals surface area contributed by atoms with E-state index in [9.17, 15) is 9.59 Å². The van der Waals surface area contributed by atoms with Crippen molar-refractivity contribution in [3.05, 3.63) is 59.7 Å². The van der Waals surface area contributed by atoms with E-state index in [2.05, 4.69) is 10.6 Å². The van der Waals surface area contributed by atoms with Crippen molar-refractivity contribution in [2.45, 2.75) is 6.92 Å². The fourth-order valence-electron chi connectivity index (χ4n) is 2.82. The third-order valence-corrected chi connectivity index (χ3v) is 4.16. The summed E-state index contributed by atoms with van der Waals surface area (Å²) in [7, 11) is 0. The molecule has 3 rings (SSSR count). The molecule has 1 saturated heterocycles. The number of carbonyl (C=O) groups excluding carboxylic acids is 2. The summed E-state index contributed by atoms with van der Waals surface area (Å²) in [5.74, 6) is -0.204. The van der Waals surface area contributed by atoms with Crippen molar-refractivity contribution < 1.29 is 14.3 Å². The zero-order valence-electron chi connectivity index (χ0n) is 14.8. The second-order valence-electron chi connectivity index (χ2n) is 6.26. The van der Waals surface area contributed by atoms with Crippen LogP contribution in [-0.2, 0) is 9.53 Å². The molecule has 26 heavy (non-hydrogen) atoms. The van der Waals surface area contributed by atoms with Gasteiger partial charge in [-0.2, -0.15) is 0 Å². The third-order valence-electron chi connectivity index (χ3n) is 4.16. The zero-order valence-corrected chi connectivity index (χ0v) is 14.8. The second-order valence-corrected chi connectivity index (χ2v) is 6.26. The average Bonchev–Trinajstić information content (AvgIpc) is 2.67. The van der Waals surface area contributed by atoms with Gasteiger partial charge in [0.2, 0.25) is 5.91 Å². The Balaban J connectivity index is 1.57. The number of anilines is 2. The summed E-state index contributed by atoms with van der Waals surface area (Å²) in [5.41, 5.74) is 3.21. The van der Waals surface area contributed by atoms with Crippen LogP contribution in [0.5, 0.6) is 0 Å². The van der Waals surface area contributed by atoms with Gasteiger partial charge in [-0.15, -0.1) is 0 Å². The van der Waals surface area contributed by atoms with Gasteiger partial charge in [-0.1, -0.05) is 18.2 Å². The summed E-state index contributed by atoms with van der Waals surface area (Å²) in [6.45, 7) is 4.47. The first kappa shape index (κ1) is 17.9. The summed E-state index contributed by atoms with van der Waals surface area (Å²) in [6, 6.07) is 14.9. The number of benzene rings is 2. The van der Waals surface area contributed by atoms with E-state index in [1.54, 1.807) is 29.2 Å². The minimum atomic E-state index is -0.164. The van der Waals surface area contributed by atoms with Gasteiger partial charge in [-0.25, -0.2) is 0 Å². The number of amides is 2. The largest absolute Gasteiger partial charge is 0.378 e. The van der Waals surface area contributed by atoms with E-state index in [0.717, 1.165) is 11.3 Å². The van der Waals surface area contributed by atoms with Crippen LogP contribution in [0.25, 0.3) is 0 Å². The lowest BCUT2D eigenvalue weighted by Crippen LogP contribution is -2.40. The molecule has 6 heteroatoms. The summed E-state index contributed by atoms with van der Waals surface area (Å²) < 4.78 is 5.27. The molecule has 0 radical (unpaired) electrons. The van der Waals surface area contributed by atoms with Crippen molar-refractivity contribution in [2.75, 3.05) is 43.5 Å². The van der Waals surface area contributed by atoms with Crippen molar-refractivity contribution in [3.8, 4) is 0 Å². The average molecular weight is 353 g/mol. The number of aryl methyl sites for hydroxylation is 1. The SMILES string of the molecule is Cc1cccc(NCC(=O)Nc2cccc(C(=O)N3CCOCC3)c2)c1. The van der Waals surface area contributed by atoms with Crippen LogP contribution in [0.1, 0.15) is 15.9 Å². The van der Waals surface area contributed by atoms with E-state index in [-0.39, 0.29) is 18.4 Å². The number of nitrogens with one attached hydrogen (secondary N) is 2. The molecule has 0 aliphatic carbocycles. The normalized spacial score (nSPS) is 14.0. The van der Waals surface area contributed by atoms with E-state index < -0.39 is 0 Å². The quantitative estimate of drug-likeness (QED) is 0.867. The van der Waals surface area contributed by atoms with Gasteiger partial charge in [-0.05, 0) is 42.8 Å². The molecule has 0 spiro atoms. The minimum absolute atomic E-state index is 0.0396. The van der Waals surface area contributed by atoms with E-state index in [1.165, 1.54) is 0 Å². The first-order valence-corrected chi connectivity index (χ1v) is 8.69. The summed E-state index contributed by atoms with van der Waals surface area (Å²) in [5, 5.41) is 5.92. The van der Waals surface area contributed by atoms with Crippen LogP contribution in [0, 0.1) is 6.92 Å². The van der Waals surface area contributed by atoms with E-state index in [1.807, 2.05) is 31.2 Å². The molecule has 2 N–H and O–H groups in total. The summed E-state index contributed by atoms with van der Waals surface area (Å²) in [4.78, 5) is 26.5. The molecule has 6 nitrogen and oxygen atoms in total. The molecule has 2 aromatic rings. The lowest BCUT2D eigenvalue weighted by atomic mass is 10.1. The third kappa shape index (κ3) is 4.83. The highest BCUT2D eigenvalue weighted by molar-refractivity contribution is 5.98. The highest BCUT2D eigenvalue weighted by atomic mass is 16.5. The van der Waals surface area contributed by atoms with Crippen molar-refractivity contribution >= 4 is 23.2 Å². The van der Waals surface area contributed by atoms with Crippen LogP contribution in [0.15, 0.2) is 48.5 Å². The van der Waals surface area contributed by atoms with E-state index >= 15 is 0 Å². The molecule has 1 aliphatic rings. The highest BCUT2D eigenvalue weighted by Gasteiger charge is 2.18. The van der Waals surface area contributed by atoms with E-state index in [0.29, 0.717) is 37.6 Å². The van der Waals surface area contributed by atoms with Crippen LogP contribution < -0.4 is 10.6 Å². The van der Waals surface area contributed by atoms with Gasteiger partial charge in [0.05, 0.1) is 19.8 Å². The monoisotopic (exact) mass is 353 g/mol. The zero-order chi connectivity index (χ0) is 18.4. The van der Waals surface area contributed by atoms with Gasteiger partial charge in [0.1, 0.15) is 0 Å². The summed E-state index contributed by atoms with van der Waals surface area (Å²) >= 11 is 0. The molecule has 0 saturated carbocycles. The Labute approximate surface area is 153 Å². The number of carbonyl (C=O) groups is 2. The minimum Gasteiger partial charge on any atom is -0.378 e. The number of nitrogens with zero attached hydrogens (tertiary/aromatic N) is 1. The Morgan fingerprint density at radius 2 is 1.77 bits per heavy atom. The molecule has 0 aromatic heterocycles. The van der Waals surface area contributed by atoms with E-state index in [4.69, 9.17) is 4.74 Å². The van der Waals surface area contributed by atoms with Crippen molar-refractivity contribution in [1.82, 2.24) is 4.90 Å². The molecule has 0 unspecified atom stereocenters. The maximum absolute atomic E-state index is 12.5. The van der Waals surface area contributed by atoms with Crippen LogP contribution in [-0.4, -0.2) is 49.6 Å². The highest BCUT2D eigenvalue weighted by Crippen LogP contribution is 2.14. The Morgan fingerprint density at radius 3 is 2.54 bits per heavy atom. The van der Waals surface area contributed by atoms with Crippen molar-refractivity contribution in [3.63, 3.8) is 0 Å². The Hall–Kier alpha value is -2.86. The molecule has 136 valence electrons. The lowest BCUT2D eigenvalue weighted by molar-refractivity contribution is -0.114. The fraction of sp³-hybridized carbons (Fsp3) is 0.300. The Bertz CT molecular complexity index is 785. The molecule has 2 amide bonds. The van der Waals surface area contributed by atoms with Gasteiger partial charge in [-0.3, -0.25) is 9.59 Å². The van der Waals surface area contributed by atoms with Crippen LogP contribution in [0.4, 0.5) is 11.4 Å². The molecule has 0 atom stereocenters. The topological polar surface area (TPSA) is 70.7 Å². The van der Waals surface area contributed by atoms with Crippen LogP contribution in [0.2, 0.25) is 0 Å². The number of ether oxygens (including phenoxy) is 1. The fourth-order valence-corrected chi connectivity index (χ4v) is 2.82. The van der Waals surface area contributed by atoms with Gasteiger partial charge in [0, 0.05) is 30.0 Å². The van der Waals surface area contributed by atoms with Crippen LogP contribution in [0.3, 0.4) is 0 Å². The van der Waals surface area contributed by atoms with Gasteiger partial charge >= 0.3 is 0 Å². The first-order chi connectivity index (χ1) is 12.6. The summed E-state index contributed by atoms with van der Waals surface area (Å²) in [6.07, 6.45) is 0.